The number of aldehydes is 1. The zero-order valence-corrected chi connectivity index (χ0v) is 10.7. The number of nitrogens with zero attached hydrogens (tertiary/aromatic N) is 1. The standard InChI is InChI=1S/C14H12FNOS/c1-2-10(8-17)7-13-9-18-14(16-13)11-3-5-12(15)6-4-11/h3-9H,2H2,1H3. The summed E-state index contributed by atoms with van der Waals surface area (Å²) in [6, 6.07) is 6.22. The molecule has 0 fully saturated rings. The molecular formula is C14H12FNOS. The number of halogens is 1. The van der Waals surface area contributed by atoms with Crippen LogP contribution in [0.25, 0.3) is 16.6 Å². The topological polar surface area (TPSA) is 30.0 Å². The Morgan fingerprint density at radius 2 is 2.11 bits per heavy atom. The first-order chi connectivity index (χ1) is 8.72. The van der Waals surface area contributed by atoms with Gasteiger partial charge in [0.1, 0.15) is 17.1 Å². The van der Waals surface area contributed by atoms with Gasteiger partial charge in [-0.05, 0) is 42.3 Å². The Morgan fingerprint density at radius 1 is 1.39 bits per heavy atom. The summed E-state index contributed by atoms with van der Waals surface area (Å²) >= 11 is 1.48. The summed E-state index contributed by atoms with van der Waals surface area (Å²) in [5.74, 6) is -0.260. The number of benzene rings is 1. The van der Waals surface area contributed by atoms with Crippen LogP contribution in [0.5, 0.6) is 0 Å². The highest BCUT2D eigenvalue weighted by molar-refractivity contribution is 7.13. The molecule has 4 heteroatoms. The van der Waals surface area contributed by atoms with Crippen LogP contribution in [0.4, 0.5) is 4.39 Å². The van der Waals surface area contributed by atoms with Crippen LogP contribution in [0, 0.1) is 5.82 Å². The molecule has 92 valence electrons. The van der Waals surface area contributed by atoms with Crippen molar-refractivity contribution in [3.8, 4) is 10.6 Å². The molecule has 0 saturated carbocycles. The van der Waals surface area contributed by atoms with Crippen molar-refractivity contribution in [2.45, 2.75) is 13.3 Å². The summed E-state index contributed by atoms with van der Waals surface area (Å²) in [6.07, 6.45) is 3.31. The predicted molar refractivity (Wildman–Crippen MR) is 71.8 cm³/mol. The van der Waals surface area contributed by atoms with Crippen LogP contribution < -0.4 is 0 Å². The highest BCUT2D eigenvalue weighted by Gasteiger charge is 2.04. The Balaban J connectivity index is 2.28. The minimum Gasteiger partial charge on any atom is -0.298 e. The summed E-state index contributed by atoms with van der Waals surface area (Å²) in [4.78, 5) is 15.1. The number of hydrogen-bond donors (Lipinski definition) is 0. The van der Waals surface area contributed by atoms with E-state index in [0.717, 1.165) is 22.6 Å². The average Bonchev–Trinajstić information content (AvgIpc) is 2.85. The lowest BCUT2D eigenvalue weighted by Crippen LogP contribution is -1.83. The van der Waals surface area contributed by atoms with Gasteiger partial charge >= 0.3 is 0 Å². The maximum Gasteiger partial charge on any atom is 0.146 e. The van der Waals surface area contributed by atoms with E-state index in [4.69, 9.17) is 0 Å². The summed E-state index contributed by atoms with van der Waals surface area (Å²) < 4.78 is 12.8. The second-order valence-corrected chi connectivity index (χ2v) is 4.63. The highest BCUT2D eigenvalue weighted by Crippen LogP contribution is 2.24. The van der Waals surface area contributed by atoms with Crippen LogP contribution in [0.3, 0.4) is 0 Å². The van der Waals surface area contributed by atoms with E-state index in [9.17, 15) is 9.18 Å². The third kappa shape index (κ3) is 2.90. The maximum atomic E-state index is 12.8. The zero-order chi connectivity index (χ0) is 13.0. The van der Waals surface area contributed by atoms with Gasteiger partial charge in [-0.15, -0.1) is 11.3 Å². The Hall–Kier alpha value is -1.81. The van der Waals surface area contributed by atoms with Crippen LogP contribution in [0.15, 0.2) is 35.2 Å². The minimum atomic E-state index is -0.260. The molecule has 0 amide bonds. The van der Waals surface area contributed by atoms with E-state index < -0.39 is 0 Å². The number of thiazole rings is 1. The van der Waals surface area contributed by atoms with Gasteiger partial charge in [-0.2, -0.15) is 0 Å². The largest absolute Gasteiger partial charge is 0.298 e. The lowest BCUT2D eigenvalue weighted by Gasteiger charge is -1.95. The van der Waals surface area contributed by atoms with Crippen molar-refractivity contribution < 1.29 is 9.18 Å². The van der Waals surface area contributed by atoms with E-state index in [2.05, 4.69) is 4.98 Å². The third-order valence-corrected chi connectivity index (χ3v) is 3.42. The van der Waals surface area contributed by atoms with Crippen LogP contribution in [-0.2, 0) is 4.79 Å². The van der Waals surface area contributed by atoms with Crippen LogP contribution in [0.1, 0.15) is 19.0 Å². The van der Waals surface area contributed by atoms with Crippen molar-refractivity contribution in [2.75, 3.05) is 0 Å². The van der Waals surface area contributed by atoms with E-state index in [0.29, 0.717) is 12.0 Å². The molecule has 0 saturated heterocycles. The van der Waals surface area contributed by atoms with Crippen molar-refractivity contribution >= 4 is 23.7 Å². The number of aromatic nitrogens is 1. The average molecular weight is 261 g/mol. The molecule has 1 heterocycles. The third-order valence-electron chi connectivity index (χ3n) is 2.51. The summed E-state index contributed by atoms with van der Waals surface area (Å²) in [5, 5.41) is 2.71. The predicted octanol–water partition coefficient (Wildman–Crippen LogP) is 3.94. The lowest BCUT2D eigenvalue weighted by molar-refractivity contribution is -0.104. The second-order valence-electron chi connectivity index (χ2n) is 3.78. The van der Waals surface area contributed by atoms with Gasteiger partial charge in [0.25, 0.3) is 0 Å². The molecule has 1 aromatic carbocycles. The molecule has 18 heavy (non-hydrogen) atoms. The Kier molecular flexibility index (Phi) is 3.99. The van der Waals surface area contributed by atoms with Gasteiger partial charge in [-0.1, -0.05) is 6.92 Å². The fourth-order valence-electron chi connectivity index (χ4n) is 1.49. The number of carbonyl (C=O) groups excluding carboxylic acids is 1. The summed E-state index contributed by atoms with van der Waals surface area (Å²) in [5.41, 5.74) is 2.36. The molecule has 0 aliphatic carbocycles. The molecule has 0 aliphatic heterocycles. The molecule has 2 nitrogen and oxygen atoms in total. The Labute approximate surface area is 109 Å². The monoisotopic (exact) mass is 261 g/mol. The second kappa shape index (κ2) is 5.69. The maximum absolute atomic E-state index is 12.8. The number of allylic oxidation sites excluding steroid dienone is 1. The quantitative estimate of drug-likeness (QED) is 0.616. The molecule has 0 bridgehead atoms. The Morgan fingerprint density at radius 3 is 2.72 bits per heavy atom. The molecule has 2 rings (SSSR count). The first-order valence-electron chi connectivity index (χ1n) is 5.60. The molecule has 0 atom stereocenters. The van der Waals surface area contributed by atoms with Gasteiger partial charge in [0, 0.05) is 10.9 Å². The highest BCUT2D eigenvalue weighted by atomic mass is 32.1. The van der Waals surface area contributed by atoms with E-state index in [1.54, 1.807) is 18.2 Å². The van der Waals surface area contributed by atoms with Gasteiger partial charge in [-0.3, -0.25) is 4.79 Å². The number of rotatable bonds is 4. The van der Waals surface area contributed by atoms with E-state index >= 15 is 0 Å². The fraction of sp³-hybridized carbons (Fsp3) is 0.143. The minimum absolute atomic E-state index is 0.260. The summed E-state index contributed by atoms with van der Waals surface area (Å²) in [6.45, 7) is 1.92. The first-order valence-corrected chi connectivity index (χ1v) is 6.48. The SMILES string of the molecule is CCC(C=O)=Cc1csc(-c2ccc(F)cc2)n1. The van der Waals surface area contributed by atoms with Crippen molar-refractivity contribution in [1.82, 2.24) is 4.98 Å². The normalized spacial score (nSPS) is 11.6. The van der Waals surface area contributed by atoms with Crippen LogP contribution in [0.2, 0.25) is 0 Å². The van der Waals surface area contributed by atoms with Crippen molar-refractivity contribution in [1.29, 1.82) is 0 Å². The fourth-order valence-corrected chi connectivity index (χ4v) is 2.27. The summed E-state index contributed by atoms with van der Waals surface area (Å²) in [7, 11) is 0. The molecule has 0 aliphatic rings. The number of hydrogen-bond acceptors (Lipinski definition) is 3. The van der Waals surface area contributed by atoms with Crippen molar-refractivity contribution in [3.05, 3.63) is 46.7 Å². The van der Waals surface area contributed by atoms with Gasteiger partial charge in [0.05, 0.1) is 5.69 Å². The van der Waals surface area contributed by atoms with E-state index in [1.807, 2.05) is 12.3 Å². The number of carbonyl (C=O) groups is 1. The van der Waals surface area contributed by atoms with Crippen LogP contribution >= 0.6 is 11.3 Å². The first kappa shape index (κ1) is 12.6. The van der Waals surface area contributed by atoms with E-state index in [1.165, 1.54) is 23.5 Å². The van der Waals surface area contributed by atoms with Crippen LogP contribution in [-0.4, -0.2) is 11.3 Å². The van der Waals surface area contributed by atoms with Gasteiger partial charge in [0.15, 0.2) is 0 Å². The van der Waals surface area contributed by atoms with Crippen molar-refractivity contribution in [2.24, 2.45) is 0 Å². The molecule has 0 unspecified atom stereocenters. The molecule has 2 aromatic rings. The van der Waals surface area contributed by atoms with Gasteiger partial charge < -0.3 is 0 Å². The Bertz CT molecular complexity index is 572. The van der Waals surface area contributed by atoms with Gasteiger partial charge in [-0.25, -0.2) is 9.37 Å². The molecular weight excluding hydrogens is 249 g/mol. The van der Waals surface area contributed by atoms with Gasteiger partial charge in [0.2, 0.25) is 0 Å². The molecule has 0 radical (unpaired) electrons. The molecule has 1 aromatic heterocycles. The van der Waals surface area contributed by atoms with Crippen molar-refractivity contribution in [3.63, 3.8) is 0 Å². The smallest absolute Gasteiger partial charge is 0.146 e. The molecule has 0 N–H and O–H groups in total. The lowest BCUT2D eigenvalue weighted by atomic mass is 10.2. The zero-order valence-electron chi connectivity index (χ0n) is 9.89. The molecule has 0 spiro atoms. The van der Waals surface area contributed by atoms with E-state index in [-0.39, 0.29) is 5.82 Å².